The summed E-state index contributed by atoms with van der Waals surface area (Å²) in [6, 6.07) is 20.7. The number of nitrogens with one attached hydrogen (secondary N) is 1. The number of hydrogen-bond donors (Lipinski definition) is 1. The molecule has 0 heterocycles. The maximum Gasteiger partial charge on any atom is 0.261 e. The zero-order valence-electron chi connectivity index (χ0n) is 17.8. The summed E-state index contributed by atoms with van der Waals surface area (Å²) in [6.07, 6.45) is 0. The summed E-state index contributed by atoms with van der Waals surface area (Å²) in [4.78, 5) is 14.3. The van der Waals surface area contributed by atoms with E-state index < -0.39 is 10.0 Å². The van der Waals surface area contributed by atoms with Gasteiger partial charge in [0.15, 0.2) is 0 Å². The predicted molar refractivity (Wildman–Crippen MR) is 122 cm³/mol. The summed E-state index contributed by atoms with van der Waals surface area (Å²) >= 11 is 0. The molecule has 0 aliphatic carbocycles. The maximum atomic E-state index is 12.6. The summed E-state index contributed by atoms with van der Waals surface area (Å²) in [5.74, 6) is 0.546. The van der Waals surface area contributed by atoms with Crippen LogP contribution in [-0.2, 0) is 10.0 Å². The van der Waals surface area contributed by atoms with Gasteiger partial charge in [0, 0.05) is 18.3 Å². The molecule has 3 rings (SSSR count). The number of amides is 1. The highest BCUT2D eigenvalue weighted by Crippen LogP contribution is 2.18. The van der Waals surface area contributed by atoms with E-state index in [2.05, 4.69) is 4.72 Å². The van der Waals surface area contributed by atoms with Crippen LogP contribution in [0.4, 0.5) is 5.69 Å². The maximum absolute atomic E-state index is 12.6. The molecule has 0 aliphatic heterocycles. The number of sulfonamides is 1. The van der Waals surface area contributed by atoms with Crippen LogP contribution in [0.15, 0.2) is 77.7 Å². The first-order chi connectivity index (χ1) is 14.7. The van der Waals surface area contributed by atoms with Crippen molar-refractivity contribution in [1.29, 1.82) is 0 Å². The minimum absolute atomic E-state index is 0.0926. The average molecular weight is 439 g/mol. The number of benzene rings is 3. The highest BCUT2D eigenvalue weighted by atomic mass is 32.2. The first-order valence-corrected chi connectivity index (χ1v) is 11.4. The van der Waals surface area contributed by atoms with Crippen LogP contribution in [0.25, 0.3) is 0 Å². The number of likely N-dealkylation sites (N-methyl/N-ethyl adjacent to an activating group) is 1. The van der Waals surface area contributed by atoms with Crippen molar-refractivity contribution in [2.45, 2.75) is 18.7 Å². The molecule has 3 aromatic carbocycles. The Kier molecular flexibility index (Phi) is 6.97. The molecule has 31 heavy (non-hydrogen) atoms. The van der Waals surface area contributed by atoms with Crippen LogP contribution in [-0.4, -0.2) is 39.4 Å². The molecule has 0 unspecified atom stereocenters. The topological polar surface area (TPSA) is 75.7 Å². The molecule has 1 N–H and O–H groups in total. The lowest BCUT2D eigenvalue weighted by Crippen LogP contribution is -2.30. The first kappa shape index (κ1) is 22.4. The Hall–Kier alpha value is -3.32. The second kappa shape index (κ2) is 9.66. The zero-order chi connectivity index (χ0) is 22.4. The van der Waals surface area contributed by atoms with Crippen LogP contribution in [0.3, 0.4) is 0 Å². The number of hydrogen-bond acceptors (Lipinski definition) is 4. The van der Waals surface area contributed by atoms with Gasteiger partial charge in [-0.2, -0.15) is 0 Å². The van der Waals surface area contributed by atoms with Crippen molar-refractivity contribution < 1.29 is 17.9 Å². The minimum atomic E-state index is -3.73. The number of ether oxygens (including phenoxy) is 1. The van der Waals surface area contributed by atoms with E-state index in [4.69, 9.17) is 4.74 Å². The third-order valence-corrected chi connectivity index (χ3v) is 6.18. The summed E-state index contributed by atoms with van der Waals surface area (Å²) < 4.78 is 33.4. The van der Waals surface area contributed by atoms with Crippen LogP contribution >= 0.6 is 0 Å². The second-order valence-electron chi connectivity index (χ2n) is 7.38. The largest absolute Gasteiger partial charge is 0.492 e. The Morgan fingerprint density at radius 3 is 2.00 bits per heavy atom. The molecule has 6 nitrogen and oxygen atoms in total. The van der Waals surface area contributed by atoms with Gasteiger partial charge in [0.1, 0.15) is 12.4 Å². The molecule has 0 aliphatic rings. The molecule has 0 radical (unpaired) electrons. The summed E-state index contributed by atoms with van der Waals surface area (Å²) in [7, 11) is -2.05. The normalized spacial score (nSPS) is 11.1. The predicted octanol–water partition coefficient (Wildman–Crippen LogP) is 4.26. The first-order valence-electron chi connectivity index (χ1n) is 9.89. The van der Waals surface area contributed by atoms with Crippen molar-refractivity contribution in [2.75, 3.05) is 24.9 Å². The zero-order valence-corrected chi connectivity index (χ0v) is 18.6. The Bertz CT molecular complexity index is 1120. The van der Waals surface area contributed by atoms with Crippen LogP contribution in [0.2, 0.25) is 0 Å². The standard InChI is InChI=1S/C24H26N2O4S/c1-18-4-10-21(11-5-18)25-31(28,29)23-14-8-20(9-15-23)24(27)26(3)16-17-30-22-12-6-19(2)7-13-22/h4-15,25H,16-17H2,1-3H3. The van der Waals surface area contributed by atoms with Crippen molar-refractivity contribution in [3.8, 4) is 5.75 Å². The summed E-state index contributed by atoms with van der Waals surface area (Å²) in [5.41, 5.74) is 3.09. The fourth-order valence-electron chi connectivity index (χ4n) is 2.87. The molecular formula is C24H26N2O4S. The molecule has 0 aromatic heterocycles. The molecule has 7 heteroatoms. The van der Waals surface area contributed by atoms with E-state index in [0.29, 0.717) is 24.4 Å². The highest BCUT2D eigenvalue weighted by Gasteiger charge is 2.17. The Balaban J connectivity index is 1.58. The highest BCUT2D eigenvalue weighted by molar-refractivity contribution is 7.92. The number of aryl methyl sites for hydroxylation is 2. The molecule has 0 fully saturated rings. The second-order valence-corrected chi connectivity index (χ2v) is 9.07. The lowest BCUT2D eigenvalue weighted by atomic mass is 10.2. The van der Waals surface area contributed by atoms with Crippen molar-refractivity contribution in [2.24, 2.45) is 0 Å². The fraction of sp³-hybridized carbons (Fsp3) is 0.208. The number of rotatable bonds is 8. The van der Waals surface area contributed by atoms with Gasteiger partial charge >= 0.3 is 0 Å². The van der Waals surface area contributed by atoms with Crippen LogP contribution in [0, 0.1) is 13.8 Å². The van der Waals surface area contributed by atoms with E-state index in [0.717, 1.165) is 16.9 Å². The number of anilines is 1. The van der Waals surface area contributed by atoms with Crippen LogP contribution in [0.1, 0.15) is 21.5 Å². The number of nitrogens with zero attached hydrogens (tertiary/aromatic N) is 1. The molecular weight excluding hydrogens is 412 g/mol. The van der Waals surface area contributed by atoms with Gasteiger partial charge in [0.2, 0.25) is 0 Å². The third kappa shape index (κ3) is 6.08. The summed E-state index contributed by atoms with van der Waals surface area (Å²) in [5, 5.41) is 0. The van der Waals surface area contributed by atoms with Crippen molar-refractivity contribution in [1.82, 2.24) is 4.90 Å². The van der Waals surface area contributed by atoms with Gasteiger partial charge < -0.3 is 9.64 Å². The van der Waals surface area contributed by atoms with E-state index in [1.54, 1.807) is 24.1 Å². The molecule has 3 aromatic rings. The van der Waals surface area contributed by atoms with Crippen LogP contribution < -0.4 is 9.46 Å². The molecule has 0 saturated carbocycles. The van der Waals surface area contributed by atoms with Gasteiger partial charge in [-0.3, -0.25) is 9.52 Å². The quantitative estimate of drug-likeness (QED) is 0.570. The molecule has 0 saturated heterocycles. The smallest absolute Gasteiger partial charge is 0.261 e. The molecule has 1 amide bonds. The van der Waals surface area contributed by atoms with Gasteiger partial charge in [-0.05, 0) is 62.4 Å². The van der Waals surface area contributed by atoms with E-state index in [1.807, 2.05) is 50.2 Å². The molecule has 0 atom stereocenters. The van der Waals surface area contributed by atoms with Crippen LogP contribution in [0.5, 0.6) is 5.75 Å². The molecule has 0 bridgehead atoms. The molecule has 0 spiro atoms. The van der Waals surface area contributed by atoms with Crippen molar-refractivity contribution >= 4 is 21.6 Å². The van der Waals surface area contributed by atoms with E-state index >= 15 is 0 Å². The van der Waals surface area contributed by atoms with E-state index in [9.17, 15) is 13.2 Å². The van der Waals surface area contributed by atoms with E-state index in [-0.39, 0.29) is 10.8 Å². The van der Waals surface area contributed by atoms with Gasteiger partial charge in [-0.25, -0.2) is 8.42 Å². The molecule has 162 valence electrons. The van der Waals surface area contributed by atoms with Gasteiger partial charge in [-0.15, -0.1) is 0 Å². The third-order valence-electron chi connectivity index (χ3n) is 4.78. The monoisotopic (exact) mass is 438 g/mol. The SMILES string of the molecule is Cc1ccc(NS(=O)(=O)c2ccc(C(=O)N(C)CCOc3ccc(C)cc3)cc2)cc1. The Labute approximate surface area is 183 Å². The lowest BCUT2D eigenvalue weighted by molar-refractivity contribution is 0.0773. The fourth-order valence-corrected chi connectivity index (χ4v) is 3.93. The minimum Gasteiger partial charge on any atom is -0.492 e. The number of carbonyl (C=O) groups is 1. The summed E-state index contributed by atoms with van der Waals surface area (Å²) in [6.45, 7) is 4.70. The van der Waals surface area contributed by atoms with Crippen molar-refractivity contribution in [3.63, 3.8) is 0 Å². The van der Waals surface area contributed by atoms with E-state index in [1.165, 1.54) is 24.3 Å². The van der Waals surface area contributed by atoms with Gasteiger partial charge in [0.05, 0.1) is 11.4 Å². The lowest BCUT2D eigenvalue weighted by Gasteiger charge is -2.18. The average Bonchev–Trinajstić information content (AvgIpc) is 2.76. The van der Waals surface area contributed by atoms with Crippen molar-refractivity contribution in [3.05, 3.63) is 89.5 Å². The Morgan fingerprint density at radius 2 is 1.42 bits per heavy atom. The Morgan fingerprint density at radius 1 is 0.871 bits per heavy atom. The van der Waals surface area contributed by atoms with Gasteiger partial charge in [0.25, 0.3) is 15.9 Å². The van der Waals surface area contributed by atoms with Gasteiger partial charge in [-0.1, -0.05) is 35.4 Å². The number of carbonyl (C=O) groups excluding carboxylic acids is 1.